The molecule has 0 spiro atoms. The number of hydrogen-bond acceptors (Lipinski definition) is 2. The van der Waals surface area contributed by atoms with E-state index in [2.05, 4.69) is 13.8 Å². The third-order valence-electron chi connectivity index (χ3n) is 2.59. The van der Waals surface area contributed by atoms with Crippen LogP contribution in [0.15, 0.2) is 23.1 Å². The Morgan fingerprint density at radius 3 is 2.53 bits per heavy atom. The minimum Gasteiger partial charge on any atom is -0.399 e. The summed E-state index contributed by atoms with van der Waals surface area (Å²) in [5, 5.41) is 0.769. The zero-order chi connectivity index (χ0) is 11.3. The molecule has 0 aliphatic carbocycles. The highest BCUT2D eigenvalue weighted by atomic mass is 35.5. The normalized spacial score (nSPS) is 10.9. The molecule has 0 amide bonds. The van der Waals surface area contributed by atoms with E-state index in [1.807, 2.05) is 30.0 Å². The Bertz CT molecular complexity index is 310. The van der Waals surface area contributed by atoms with E-state index in [-0.39, 0.29) is 0 Å². The van der Waals surface area contributed by atoms with E-state index < -0.39 is 0 Å². The SMILES string of the molecule is CCC(CC)CSc1ccc(N)cc1Cl. The van der Waals surface area contributed by atoms with E-state index >= 15 is 0 Å². The fourth-order valence-electron chi connectivity index (χ4n) is 1.37. The molecule has 15 heavy (non-hydrogen) atoms. The van der Waals surface area contributed by atoms with Crippen molar-refractivity contribution in [2.45, 2.75) is 31.6 Å². The van der Waals surface area contributed by atoms with Crippen LogP contribution in [-0.4, -0.2) is 5.75 Å². The van der Waals surface area contributed by atoms with Crippen LogP contribution in [0.3, 0.4) is 0 Å². The molecule has 0 unspecified atom stereocenters. The molecule has 1 nitrogen and oxygen atoms in total. The van der Waals surface area contributed by atoms with Gasteiger partial charge in [-0.2, -0.15) is 0 Å². The Morgan fingerprint density at radius 1 is 1.33 bits per heavy atom. The van der Waals surface area contributed by atoms with Crippen molar-refractivity contribution in [2.24, 2.45) is 5.92 Å². The molecular formula is C12H18ClNS. The van der Waals surface area contributed by atoms with E-state index in [0.29, 0.717) is 0 Å². The molecule has 3 heteroatoms. The monoisotopic (exact) mass is 243 g/mol. The van der Waals surface area contributed by atoms with Crippen molar-refractivity contribution >= 4 is 29.1 Å². The second-order valence-corrected chi connectivity index (χ2v) is 5.15. The van der Waals surface area contributed by atoms with Gasteiger partial charge in [-0.25, -0.2) is 0 Å². The van der Waals surface area contributed by atoms with Gasteiger partial charge in [-0.1, -0.05) is 38.3 Å². The van der Waals surface area contributed by atoms with Crippen molar-refractivity contribution < 1.29 is 0 Å². The lowest BCUT2D eigenvalue weighted by Gasteiger charge is -2.12. The largest absolute Gasteiger partial charge is 0.399 e. The van der Waals surface area contributed by atoms with E-state index in [0.717, 1.165) is 27.3 Å². The van der Waals surface area contributed by atoms with Crippen LogP contribution in [0.4, 0.5) is 5.69 Å². The topological polar surface area (TPSA) is 26.0 Å². The van der Waals surface area contributed by atoms with Gasteiger partial charge >= 0.3 is 0 Å². The summed E-state index contributed by atoms with van der Waals surface area (Å²) in [7, 11) is 0. The average Bonchev–Trinajstić information content (AvgIpc) is 2.22. The highest BCUT2D eigenvalue weighted by Crippen LogP contribution is 2.31. The molecule has 2 N–H and O–H groups in total. The highest BCUT2D eigenvalue weighted by Gasteiger charge is 2.06. The fourth-order valence-corrected chi connectivity index (χ4v) is 2.97. The minimum atomic E-state index is 0.729. The first-order valence-electron chi connectivity index (χ1n) is 5.35. The Labute approximate surface area is 101 Å². The van der Waals surface area contributed by atoms with Crippen LogP contribution in [0.1, 0.15) is 26.7 Å². The maximum absolute atomic E-state index is 6.10. The summed E-state index contributed by atoms with van der Waals surface area (Å²) < 4.78 is 0. The molecule has 0 saturated heterocycles. The zero-order valence-electron chi connectivity index (χ0n) is 9.29. The first-order chi connectivity index (χ1) is 7.17. The molecule has 0 radical (unpaired) electrons. The maximum atomic E-state index is 6.10. The molecule has 0 aromatic heterocycles. The predicted octanol–water partition coefficient (Wildman–Crippen LogP) is 4.45. The number of anilines is 1. The predicted molar refractivity (Wildman–Crippen MR) is 70.7 cm³/mol. The van der Waals surface area contributed by atoms with Crippen molar-refractivity contribution in [3.63, 3.8) is 0 Å². The van der Waals surface area contributed by atoms with E-state index in [1.165, 1.54) is 12.8 Å². The Balaban J connectivity index is 2.57. The molecule has 1 aromatic carbocycles. The van der Waals surface area contributed by atoms with Crippen LogP contribution in [-0.2, 0) is 0 Å². The van der Waals surface area contributed by atoms with Gasteiger partial charge in [0.05, 0.1) is 5.02 Å². The quantitative estimate of drug-likeness (QED) is 0.611. The molecule has 0 aliphatic rings. The summed E-state index contributed by atoms with van der Waals surface area (Å²) in [6.45, 7) is 4.47. The second-order valence-electron chi connectivity index (χ2n) is 3.68. The summed E-state index contributed by atoms with van der Waals surface area (Å²) in [4.78, 5) is 1.14. The van der Waals surface area contributed by atoms with Gasteiger partial charge in [0.25, 0.3) is 0 Å². The molecule has 0 heterocycles. The van der Waals surface area contributed by atoms with E-state index in [1.54, 1.807) is 0 Å². The second kappa shape index (κ2) is 6.29. The fraction of sp³-hybridized carbons (Fsp3) is 0.500. The van der Waals surface area contributed by atoms with Crippen LogP contribution >= 0.6 is 23.4 Å². The smallest absolute Gasteiger partial charge is 0.0562 e. The number of hydrogen-bond donors (Lipinski definition) is 1. The Hall–Kier alpha value is -0.340. The summed E-state index contributed by atoms with van der Waals surface area (Å²) in [6, 6.07) is 5.72. The van der Waals surface area contributed by atoms with Crippen molar-refractivity contribution in [3.8, 4) is 0 Å². The summed E-state index contributed by atoms with van der Waals surface area (Å²) in [6.07, 6.45) is 2.46. The van der Waals surface area contributed by atoms with Crippen molar-refractivity contribution in [1.29, 1.82) is 0 Å². The molecule has 0 aliphatic heterocycles. The molecule has 0 saturated carbocycles. The lowest BCUT2D eigenvalue weighted by Crippen LogP contribution is -1.99. The molecule has 1 aromatic rings. The lowest BCUT2D eigenvalue weighted by molar-refractivity contribution is 0.554. The third kappa shape index (κ3) is 3.96. The van der Waals surface area contributed by atoms with Gasteiger partial charge in [-0.3, -0.25) is 0 Å². The number of rotatable bonds is 5. The van der Waals surface area contributed by atoms with Crippen LogP contribution in [0.25, 0.3) is 0 Å². The number of thioether (sulfide) groups is 1. The van der Waals surface area contributed by atoms with Gasteiger partial charge < -0.3 is 5.73 Å². The number of nitrogen functional groups attached to an aromatic ring is 1. The van der Waals surface area contributed by atoms with Crippen molar-refractivity contribution in [1.82, 2.24) is 0 Å². The van der Waals surface area contributed by atoms with Gasteiger partial charge in [-0.15, -0.1) is 11.8 Å². The third-order valence-corrected chi connectivity index (χ3v) is 4.32. The Kier molecular flexibility index (Phi) is 5.34. The minimum absolute atomic E-state index is 0.729. The molecule has 0 atom stereocenters. The molecular weight excluding hydrogens is 226 g/mol. The first-order valence-corrected chi connectivity index (χ1v) is 6.71. The standard InChI is InChI=1S/C12H18ClNS/c1-3-9(4-2)8-15-12-6-5-10(14)7-11(12)13/h5-7,9H,3-4,8,14H2,1-2H3. The number of halogens is 1. The molecule has 0 fully saturated rings. The van der Waals surface area contributed by atoms with Gasteiger partial charge in [0.2, 0.25) is 0 Å². The first kappa shape index (κ1) is 12.7. The van der Waals surface area contributed by atoms with Gasteiger partial charge in [-0.05, 0) is 24.1 Å². The lowest BCUT2D eigenvalue weighted by atomic mass is 10.1. The summed E-state index contributed by atoms with van der Waals surface area (Å²) >= 11 is 7.92. The van der Waals surface area contributed by atoms with Gasteiger partial charge in [0.1, 0.15) is 0 Å². The average molecular weight is 244 g/mol. The van der Waals surface area contributed by atoms with Crippen LogP contribution < -0.4 is 5.73 Å². The van der Waals surface area contributed by atoms with Crippen LogP contribution in [0, 0.1) is 5.92 Å². The van der Waals surface area contributed by atoms with Crippen LogP contribution in [0.5, 0.6) is 0 Å². The molecule has 1 rings (SSSR count). The van der Waals surface area contributed by atoms with E-state index in [9.17, 15) is 0 Å². The Morgan fingerprint density at radius 2 is 2.00 bits per heavy atom. The van der Waals surface area contributed by atoms with Crippen molar-refractivity contribution in [2.75, 3.05) is 11.5 Å². The molecule has 84 valence electrons. The number of nitrogens with two attached hydrogens (primary N) is 1. The molecule has 0 bridgehead atoms. The van der Waals surface area contributed by atoms with Crippen molar-refractivity contribution in [3.05, 3.63) is 23.2 Å². The van der Waals surface area contributed by atoms with E-state index in [4.69, 9.17) is 17.3 Å². The zero-order valence-corrected chi connectivity index (χ0v) is 10.9. The van der Waals surface area contributed by atoms with Gasteiger partial charge in [0, 0.05) is 16.3 Å². The van der Waals surface area contributed by atoms with Gasteiger partial charge in [0.15, 0.2) is 0 Å². The summed E-state index contributed by atoms with van der Waals surface area (Å²) in [5.74, 6) is 1.92. The number of benzene rings is 1. The highest BCUT2D eigenvalue weighted by molar-refractivity contribution is 7.99. The summed E-state index contributed by atoms with van der Waals surface area (Å²) in [5.41, 5.74) is 6.37. The van der Waals surface area contributed by atoms with Crippen LogP contribution in [0.2, 0.25) is 5.02 Å². The maximum Gasteiger partial charge on any atom is 0.0562 e.